The zero-order chi connectivity index (χ0) is 12.0. The quantitative estimate of drug-likeness (QED) is 0.494. The zero-order valence-corrected chi connectivity index (χ0v) is 8.71. The first kappa shape index (κ1) is 10.1. The molecule has 5 nitrogen and oxygen atoms in total. The summed E-state index contributed by atoms with van der Waals surface area (Å²) in [5.41, 5.74) is 0.420. The Morgan fingerprint density at radius 3 is 3.06 bits per heavy atom. The summed E-state index contributed by atoms with van der Waals surface area (Å²) >= 11 is 0. The highest BCUT2D eigenvalue weighted by molar-refractivity contribution is 6.00. The topological polar surface area (TPSA) is 74.0 Å². The monoisotopic (exact) mass is 231 g/mol. The number of ether oxygens (including phenoxy) is 1. The van der Waals surface area contributed by atoms with Crippen molar-refractivity contribution in [1.29, 1.82) is 0 Å². The SMILES string of the molecule is O=C1C=CC2C(=C1)Oc1cc(O)ccc1[NH+]2[O-]. The van der Waals surface area contributed by atoms with Crippen LogP contribution in [0, 0.1) is 5.21 Å². The molecule has 2 aliphatic rings. The van der Waals surface area contributed by atoms with E-state index in [1.54, 1.807) is 0 Å². The van der Waals surface area contributed by atoms with Gasteiger partial charge in [0.25, 0.3) is 0 Å². The maximum atomic E-state index is 12.1. The van der Waals surface area contributed by atoms with Crippen molar-refractivity contribution < 1.29 is 19.7 Å². The number of aromatic hydroxyl groups is 1. The van der Waals surface area contributed by atoms with Gasteiger partial charge in [0, 0.05) is 18.2 Å². The average molecular weight is 231 g/mol. The predicted octanol–water partition coefficient (Wildman–Crippen LogP) is 0.190. The van der Waals surface area contributed by atoms with Crippen molar-refractivity contribution in [2.75, 3.05) is 0 Å². The van der Waals surface area contributed by atoms with Gasteiger partial charge in [0.1, 0.15) is 5.75 Å². The van der Waals surface area contributed by atoms with Crippen LogP contribution in [0.5, 0.6) is 11.5 Å². The minimum atomic E-state index is -0.523. The fourth-order valence-electron chi connectivity index (χ4n) is 1.97. The van der Waals surface area contributed by atoms with Gasteiger partial charge in [0.15, 0.2) is 29.0 Å². The highest BCUT2D eigenvalue weighted by atomic mass is 16.5. The van der Waals surface area contributed by atoms with Gasteiger partial charge < -0.3 is 20.1 Å². The summed E-state index contributed by atoms with van der Waals surface area (Å²) in [7, 11) is 0. The van der Waals surface area contributed by atoms with Gasteiger partial charge in [-0.2, -0.15) is 0 Å². The molecule has 3 rings (SSSR count). The first-order valence-corrected chi connectivity index (χ1v) is 5.14. The summed E-state index contributed by atoms with van der Waals surface area (Å²) in [4.78, 5) is 11.2. The molecule has 0 spiro atoms. The van der Waals surface area contributed by atoms with Gasteiger partial charge in [0.2, 0.25) is 0 Å². The van der Waals surface area contributed by atoms with Crippen molar-refractivity contribution in [3.63, 3.8) is 0 Å². The molecule has 0 amide bonds. The minimum Gasteiger partial charge on any atom is -0.628 e. The second-order valence-corrected chi connectivity index (χ2v) is 3.93. The third-order valence-electron chi connectivity index (χ3n) is 2.78. The van der Waals surface area contributed by atoms with Gasteiger partial charge in [-0.1, -0.05) is 0 Å². The highest BCUT2D eigenvalue weighted by Crippen LogP contribution is 2.32. The number of carbonyl (C=O) groups excluding carboxylic acids is 1. The molecule has 86 valence electrons. The molecule has 0 saturated carbocycles. The number of benzene rings is 1. The van der Waals surface area contributed by atoms with Crippen LogP contribution in [-0.4, -0.2) is 16.9 Å². The van der Waals surface area contributed by atoms with E-state index in [0.717, 1.165) is 0 Å². The lowest BCUT2D eigenvalue weighted by Crippen LogP contribution is -3.07. The van der Waals surface area contributed by atoms with Crippen LogP contribution in [0.4, 0.5) is 5.69 Å². The third kappa shape index (κ3) is 1.52. The van der Waals surface area contributed by atoms with Gasteiger partial charge in [0.05, 0.1) is 0 Å². The number of phenols is 1. The lowest BCUT2D eigenvalue weighted by atomic mass is 10.0. The third-order valence-corrected chi connectivity index (χ3v) is 2.78. The smallest absolute Gasteiger partial charge is 0.191 e. The van der Waals surface area contributed by atoms with E-state index in [9.17, 15) is 15.1 Å². The predicted molar refractivity (Wildman–Crippen MR) is 58.7 cm³/mol. The van der Waals surface area contributed by atoms with E-state index in [0.29, 0.717) is 17.2 Å². The average Bonchev–Trinajstić information content (AvgIpc) is 2.28. The molecule has 0 fully saturated rings. The number of fused-ring (bicyclic) bond motifs is 2. The fourth-order valence-corrected chi connectivity index (χ4v) is 1.97. The maximum Gasteiger partial charge on any atom is 0.191 e. The fraction of sp³-hybridized carbons (Fsp3) is 0.0833. The molecule has 1 aliphatic carbocycles. The van der Waals surface area contributed by atoms with Crippen LogP contribution < -0.4 is 9.80 Å². The molecule has 2 unspecified atom stereocenters. The summed E-state index contributed by atoms with van der Waals surface area (Å²) in [5.74, 6) is 0.433. The molecule has 5 heteroatoms. The Balaban J connectivity index is 2.11. The van der Waals surface area contributed by atoms with Crippen LogP contribution in [0.2, 0.25) is 0 Å². The number of hydroxylamine groups is 1. The first-order valence-electron chi connectivity index (χ1n) is 5.14. The van der Waals surface area contributed by atoms with Gasteiger partial charge in [-0.25, -0.2) is 0 Å². The number of phenolic OH excluding ortho intramolecular Hbond substituents is 1. The first-order chi connectivity index (χ1) is 8.15. The molecule has 1 aliphatic heterocycles. The molecule has 1 aromatic carbocycles. The molecule has 0 bridgehead atoms. The van der Waals surface area contributed by atoms with Gasteiger partial charge in [-0.05, 0) is 18.2 Å². The zero-order valence-electron chi connectivity index (χ0n) is 8.71. The molecule has 0 saturated heterocycles. The minimum absolute atomic E-state index is 0.0216. The molecule has 0 radical (unpaired) electrons. The van der Waals surface area contributed by atoms with Gasteiger partial charge in [-0.15, -0.1) is 0 Å². The number of rotatable bonds is 0. The van der Waals surface area contributed by atoms with Crippen LogP contribution in [0.25, 0.3) is 0 Å². The second kappa shape index (κ2) is 3.44. The van der Waals surface area contributed by atoms with Crippen LogP contribution in [0.3, 0.4) is 0 Å². The second-order valence-electron chi connectivity index (χ2n) is 3.93. The Bertz CT molecular complexity index is 562. The van der Waals surface area contributed by atoms with Crippen LogP contribution in [-0.2, 0) is 4.79 Å². The Hall–Kier alpha value is -2.11. The number of hydrogen-bond acceptors (Lipinski definition) is 4. The summed E-state index contributed by atoms with van der Waals surface area (Å²) in [6.45, 7) is 0. The van der Waals surface area contributed by atoms with E-state index < -0.39 is 6.04 Å². The number of nitrogens with one attached hydrogen (secondary N) is 1. The molecule has 2 N–H and O–H groups in total. The lowest BCUT2D eigenvalue weighted by Gasteiger charge is -2.36. The van der Waals surface area contributed by atoms with Crippen LogP contribution in [0.1, 0.15) is 0 Å². The van der Waals surface area contributed by atoms with E-state index in [1.165, 1.54) is 36.4 Å². The van der Waals surface area contributed by atoms with E-state index in [1.807, 2.05) is 0 Å². The lowest BCUT2D eigenvalue weighted by molar-refractivity contribution is -0.797. The number of ketones is 1. The van der Waals surface area contributed by atoms with E-state index in [4.69, 9.17) is 4.74 Å². The summed E-state index contributed by atoms with van der Waals surface area (Å²) in [6.07, 6.45) is 4.20. The van der Waals surface area contributed by atoms with Crippen LogP contribution in [0.15, 0.2) is 42.2 Å². The van der Waals surface area contributed by atoms with E-state index in [-0.39, 0.29) is 16.6 Å². The van der Waals surface area contributed by atoms with Crippen molar-refractivity contribution in [3.05, 3.63) is 47.4 Å². The van der Waals surface area contributed by atoms with Crippen molar-refractivity contribution in [3.8, 4) is 11.5 Å². The van der Waals surface area contributed by atoms with E-state index in [2.05, 4.69) is 0 Å². The standard InChI is InChI=1S/C12H9NO4/c14-7-1-3-9-11(5-7)17-12-6-8(15)2-4-10(12)13(9)16/h1-6,9,13,15H. The largest absolute Gasteiger partial charge is 0.628 e. The summed E-state index contributed by atoms with van der Waals surface area (Å²) in [6, 6.07) is 3.80. The van der Waals surface area contributed by atoms with Gasteiger partial charge >= 0.3 is 0 Å². The van der Waals surface area contributed by atoms with Gasteiger partial charge in [-0.3, -0.25) is 4.79 Å². The number of quaternary nitrogens is 1. The Labute approximate surface area is 96.8 Å². The maximum absolute atomic E-state index is 12.1. The Kier molecular flexibility index (Phi) is 2.04. The number of hydrogen-bond donors (Lipinski definition) is 2. The Morgan fingerprint density at radius 1 is 1.41 bits per heavy atom. The summed E-state index contributed by atoms with van der Waals surface area (Å²) in [5, 5.41) is 21.3. The van der Waals surface area contributed by atoms with Crippen LogP contribution >= 0.6 is 0 Å². The molecular formula is C12H9NO4. The number of carbonyl (C=O) groups is 1. The molecule has 0 aromatic heterocycles. The molecule has 17 heavy (non-hydrogen) atoms. The molecular weight excluding hydrogens is 222 g/mol. The molecule has 1 aromatic rings. The molecule has 2 atom stereocenters. The normalized spacial score (nSPS) is 25.7. The van der Waals surface area contributed by atoms with Crippen molar-refractivity contribution in [2.45, 2.75) is 6.04 Å². The van der Waals surface area contributed by atoms with Crippen molar-refractivity contribution in [2.24, 2.45) is 0 Å². The van der Waals surface area contributed by atoms with Crippen molar-refractivity contribution in [1.82, 2.24) is 0 Å². The molecule has 1 heterocycles. The highest BCUT2D eigenvalue weighted by Gasteiger charge is 2.33. The number of allylic oxidation sites excluding steroid dienone is 2. The van der Waals surface area contributed by atoms with Crippen molar-refractivity contribution >= 4 is 11.5 Å². The van der Waals surface area contributed by atoms with E-state index >= 15 is 0 Å². The Morgan fingerprint density at radius 2 is 2.24 bits per heavy atom. The summed E-state index contributed by atoms with van der Waals surface area (Å²) < 4.78 is 5.47.